The van der Waals surface area contributed by atoms with Crippen molar-refractivity contribution >= 4 is 18.3 Å². The highest BCUT2D eigenvalue weighted by Crippen LogP contribution is 2.14. The van der Waals surface area contributed by atoms with Gasteiger partial charge in [-0.3, -0.25) is 4.79 Å². The van der Waals surface area contributed by atoms with E-state index in [1.165, 1.54) is 17.5 Å². The molecule has 1 aliphatic heterocycles. The molecule has 1 aliphatic rings. The van der Waals surface area contributed by atoms with Crippen LogP contribution >= 0.6 is 12.4 Å². The van der Waals surface area contributed by atoms with Crippen molar-refractivity contribution in [1.82, 2.24) is 10.6 Å². The van der Waals surface area contributed by atoms with Crippen molar-refractivity contribution in [2.75, 3.05) is 13.1 Å². The van der Waals surface area contributed by atoms with E-state index in [1.54, 1.807) is 0 Å². The summed E-state index contributed by atoms with van der Waals surface area (Å²) in [5.41, 5.74) is 2.56. The van der Waals surface area contributed by atoms with Crippen LogP contribution in [-0.2, 0) is 17.8 Å². The van der Waals surface area contributed by atoms with E-state index in [0.717, 1.165) is 25.9 Å². The Bertz CT molecular complexity index is 417. The molecule has 2 N–H and O–H groups in total. The van der Waals surface area contributed by atoms with Crippen molar-refractivity contribution in [2.45, 2.75) is 39.2 Å². The van der Waals surface area contributed by atoms with Crippen LogP contribution in [0.25, 0.3) is 0 Å². The molecule has 0 aromatic heterocycles. The fourth-order valence-electron chi connectivity index (χ4n) is 2.65. The number of rotatable bonds is 6. The van der Waals surface area contributed by atoms with E-state index in [2.05, 4.69) is 35.8 Å². The lowest BCUT2D eigenvalue weighted by molar-refractivity contribution is -0.121. The minimum Gasteiger partial charge on any atom is -0.352 e. The van der Waals surface area contributed by atoms with Gasteiger partial charge in [0.15, 0.2) is 0 Å². The van der Waals surface area contributed by atoms with Crippen LogP contribution in [0, 0.1) is 5.92 Å². The summed E-state index contributed by atoms with van der Waals surface area (Å²) in [6.45, 7) is 4.99. The second kappa shape index (κ2) is 8.98. The number of carbonyl (C=O) groups excluding carboxylic acids is 1. The maximum atomic E-state index is 11.8. The largest absolute Gasteiger partial charge is 0.352 e. The third-order valence-electron chi connectivity index (χ3n) is 3.92. The SMILES string of the molecule is CCc1ccccc1CNC(=O)CCC1CCNC1.Cl. The van der Waals surface area contributed by atoms with E-state index in [1.807, 2.05) is 6.07 Å². The minimum absolute atomic E-state index is 0. The Morgan fingerprint density at radius 2 is 2.10 bits per heavy atom. The molecule has 3 nitrogen and oxygen atoms in total. The molecule has 1 atom stereocenters. The van der Waals surface area contributed by atoms with Gasteiger partial charge in [-0.15, -0.1) is 12.4 Å². The zero-order valence-corrected chi connectivity index (χ0v) is 13.0. The Hall–Kier alpha value is -1.06. The number of amides is 1. The van der Waals surface area contributed by atoms with E-state index in [9.17, 15) is 4.79 Å². The molecule has 0 spiro atoms. The summed E-state index contributed by atoms with van der Waals surface area (Å²) < 4.78 is 0. The van der Waals surface area contributed by atoms with Crippen molar-refractivity contribution < 1.29 is 4.79 Å². The van der Waals surface area contributed by atoms with E-state index < -0.39 is 0 Å². The molecule has 0 aliphatic carbocycles. The van der Waals surface area contributed by atoms with Gasteiger partial charge in [0.05, 0.1) is 0 Å². The second-order valence-corrected chi connectivity index (χ2v) is 5.30. The molecular weight excluding hydrogens is 272 g/mol. The van der Waals surface area contributed by atoms with Crippen LogP contribution in [0.3, 0.4) is 0 Å². The Morgan fingerprint density at radius 3 is 2.75 bits per heavy atom. The third-order valence-corrected chi connectivity index (χ3v) is 3.92. The number of carbonyl (C=O) groups is 1. The van der Waals surface area contributed by atoms with Crippen LogP contribution in [0.1, 0.15) is 37.3 Å². The fraction of sp³-hybridized carbons (Fsp3) is 0.562. The summed E-state index contributed by atoms with van der Waals surface area (Å²) in [4.78, 5) is 11.8. The molecule has 1 unspecified atom stereocenters. The predicted octanol–water partition coefficient (Wildman–Crippen LogP) is 2.68. The van der Waals surface area contributed by atoms with Gasteiger partial charge in [0.1, 0.15) is 0 Å². The van der Waals surface area contributed by atoms with Crippen LogP contribution < -0.4 is 10.6 Å². The summed E-state index contributed by atoms with van der Waals surface area (Å²) >= 11 is 0. The highest BCUT2D eigenvalue weighted by atomic mass is 35.5. The lowest BCUT2D eigenvalue weighted by Gasteiger charge is -2.11. The first-order valence-corrected chi connectivity index (χ1v) is 7.33. The van der Waals surface area contributed by atoms with E-state index >= 15 is 0 Å². The highest BCUT2D eigenvalue weighted by Gasteiger charge is 2.15. The van der Waals surface area contributed by atoms with Crippen LogP contribution in [-0.4, -0.2) is 19.0 Å². The molecule has 2 rings (SSSR count). The summed E-state index contributed by atoms with van der Waals surface area (Å²) in [6.07, 6.45) is 3.89. The number of benzene rings is 1. The van der Waals surface area contributed by atoms with Gasteiger partial charge in [0.25, 0.3) is 0 Å². The summed E-state index contributed by atoms with van der Waals surface area (Å²) in [7, 11) is 0. The van der Waals surface area contributed by atoms with Gasteiger partial charge in [-0.05, 0) is 49.4 Å². The number of aryl methyl sites for hydroxylation is 1. The van der Waals surface area contributed by atoms with Crippen molar-refractivity contribution in [3.8, 4) is 0 Å². The smallest absolute Gasteiger partial charge is 0.220 e. The first-order valence-electron chi connectivity index (χ1n) is 7.33. The summed E-state index contributed by atoms with van der Waals surface area (Å²) in [6, 6.07) is 8.31. The van der Waals surface area contributed by atoms with Crippen molar-refractivity contribution in [1.29, 1.82) is 0 Å². The standard InChI is InChI=1S/C16H24N2O.ClH/c1-2-14-5-3-4-6-15(14)12-18-16(19)8-7-13-9-10-17-11-13;/h3-6,13,17H,2,7-12H2,1H3,(H,18,19);1H. The molecule has 1 amide bonds. The molecule has 20 heavy (non-hydrogen) atoms. The topological polar surface area (TPSA) is 41.1 Å². The molecule has 112 valence electrons. The molecular formula is C16H25ClN2O. The van der Waals surface area contributed by atoms with Crippen molar-refractivity contribution in [2.24, 2.45) is 5.92 Å². The van der Waals surface area contributed by atoms with Crippen LogP contribution in [0.2, 0.25) is 0 Å². The van der Waals surface area contributed by atoms with Gasteiger partial charge in [0, 0.05) is 13.0 Å². The Labute approximate surface area is 127 Å². The molecule has 0 bridgehead atoms. The Balaban J connectivity index is 0.00000200. The number of halogens is 1. The lowest BCUT2D eigenvalue weighted by Crippen LogP contribution is -2.24. The van der Waals surface area contributed by atoms with E-state index in [4.69, 9.17) is 0 Å². The van der Waals surface area contributed by atoms with Gasteiger partial charge in [-0.25, -0.2) is 0 Å². The number of nitrogens with one attached hydrogen (secondary N) is 2. The van der Waals surface area contributed by atoms with Gasteiger partial charge in [0.2, 0.25) is 5.91 Å². The average molecular weight is 297 g/mol. The third kappa shape index (κ3) is 5.14. The molecule has 1 aromatic rings. The number of hydrogen-bond donors (Lipinski definition) is 2. The highest BCUT2D eigenvalue weighted by molar-refractivity contribution is 5.85. The van der Waals surface area contributed by atoms with Gasteiger partial charge < -0.3 is 10.6 Å². The van der Waals surface area contributed by atoms with Crippen LogP contribution in [0.4, 0.5) is 0 Å². The maximum Gasteiger partial charge on any atom is 0.220 e. The molecule has 0 radical (unpaired) electrons. The predicted molar refractivity (Wildman–Crippen MR) is 85.1 cm³/mol. The monoisotopic (exact) mass is 296 g/mol. The molecule has 4 heteroatoms. The molecule has 1 fully saturated rings. The van der Waals surface area contributed by atoms with Crippen molar-refractivity contribution in [3.63, 3.8) is 0 Å². The molecule has 0 saturated carbocycles. The van der Waals surface area contributed by atoms with Crippen LogP contribution in [0.15, 0.2) is 24.3 Å². The molecule has 1 heterocycles. The van der Waals surface area contributed by atoms with Crippen LogP contribution in [0.5, 0.6) is 0 Å². The Kier molecular flexibility index (Phi) is 7.63. The van der Waals surface area contributed by atoms with Gasteiger partial charge >= 0.3 is 0 Å². The zero-order chi connectivity index (χ0) is 13.5. The molecule has 1 aromatic carbocycles. The normalized spacial score (nSPS) is 17.6. The van der Waals surface area contributed by atoms with E-state index in [-0.39, 0.29) is 18.3 Å². The molecule has 1 saturated heterocycles. The van der Waals surface area contributed by atoms with Crippen molar-refractivity contribution in [3.05, 3.63) is 35.4 Å². The lowest BCUT2D eigenvalue weighted by atomic mass is 10.0. The average Bonchev–Trinajstić information content (AvgIpc) is 2.96. The zero-order valence-electron chi connectivity index (χ0n) is 12.2. The quantitative estimate of drug-likeness (QED) is 0.847. The fourth-order valence-corrected chi connectivity index (χ4v) is 2.65. The first-order chi connectivity index (χ1) is 9.29. The summed E-state index contributed by atoms with van der Waals surface area (Å²) in [5.74, 6) is 0.867. The van der Waals surface area contributed by atoms with E-state index in [0.29, 0.717) is 18.9 Å². The number of hydrogen-bond acceptors (Lipinski definition) is 2. The minimum atomic E-state index is 0. The Morgan fingerprint density at radius 1 is 1.35 bits per heavy atom. The summed E-state index contributed by atoms with van der Waals surface area (Å²) in [5, 5.41) is 6.38. The van der Waals surface area contributed by atoms with Gasteiger partial charge in [-0.2, -0.15) is 0 Å². The van der Waals surface area contributed by atoms with Gasteiger partial charge in [-0.1, -0.05) is 31.2 Å². The second-order valence-electron chi connectivity index (χ2n) is 5.30. The first kappa shape index (κ1) is 17.0. The maximum absolute atomic E-state index is 11.8.